The van der Waals surface area contributed by atoms with E-state index in [-0.39, 0.29) is 5.28 Å². The Morgan fingerprint density at radius 2 is 1.92 bits per heavy atom. The number of aromatic nitrogens is 3. The van der Waals surface area contributed by atoms with Crippen molar-refractivity contribution in [2.75, 3.05) is 0 Å². The van der Waals surface area contributed by atoms with Gasteiger partial charge in [0, 0.05) is 6.08 Å². The molecule has 0 aliphatic rings. The fourth-order valence-corrected chi connectivity index (χ4v) is 3.45. The van der Waals surface area contributed by atoms with Crippen molar-refractivity contribution in [2.45, 2.75) is 20.8 Å². The predicted octanol–water partition coefficient (Wildman–Crippen LogP) is 4.99. The first-order valence-electron chi connectivity index (χ1n) is 7.14. The van der Waals surface area contributed by atoms with E-state index in [9.17, 15) is 0 Å². The van der Waals surface area contributed by atoms with Crippen LogP contribution in [-0.4, -0.2) is 14.3 Å². The lowest BCUT2D eigenvalue weighted by Crippen LogP contribution is -1.96. The number of nitrogens with zero attached hydrogens (tertiary/aromatic N) is 4. The zero-order valence-electron chi connectivity index (χ0n) is 13.3. The molecule has 0 saturated carbocycles. The minimum atomic E-state index is 0.130. The Bertz CT molecular complexity index is 981. The summed E-state index contributed by atoms with van der Waals surface area (Å²) in [5, 5.41) is 9.56. The van der Waals surface area contributed by atoms with Gasteiger partial charge >= 0.3 is 0 Å². The van der Waals surface area contributed by atoms with Crippen molar-refractivity contribution in [2.24, 2.45) is 0 Å². The zero-order valence-corrected chi connectivity index (χ0v) is 14.9. The van der Waals surface area contributed by atoms with Crippen LogP contribution in [0, 0.1) is 32.1 Å². The molecule has 0 atom stereocenters. The van der Waals surface area contributed by atoms with Crippen LogP contribution in [0.1, 0.15) is 22.4 Å². The van der Waals surface area contributed by atoms with E-state index in [1.54, 1.807) is 6.08 Å². The standard InChI is InChI=1S/C17H13ClN4OS/c1-9-7-12(5-4-6-19)8-10(2)14(9)23-15-13-11(3)22-24-16(13)21-17(18)20-15/h4-5,7-8H,1-3H3/b5-4+. The second-order valence-corrected chi connectivity index (χ2v) is 6.38. The molecule has 24 heavy (non-hydrogen) atoms. The highest BCUT2D eigenvalue weighted by Crippen LogP contribution is 2.35. The molecule has 0 aliphatic heterocycles. The molecule has 2 aromatic heterocycles. The highest BCUT2D eigenvalue weighted by Gasteiger charge is 2.16. The Labute approximate surface area is 148 Å². The first-order chi connectivity index (χ1) is 11.5. The number of rotatable bonds is 3. The minimum absolute atomic E-state index is 0.130. The third kappa shape index (κ3) is 3.09. The Hall–Kier alpha value is -2.49. The molecule has 0 bridgehead atoms. The van der Waals surface area contributed by atoms with Gasteiger partial charge in [0.05, 0.1) is 17.1 Å². The quantitative estimate of drug-likeness (QED) is 0.488. The largest absolute Gasteiger partial charge is 0.438 e. The maximum atomic E-state index is 8.65. The topological polar surface area (TPSA) is 71.7 Å². The molecule has 1 aromatic carbocycles. The number of nitriles is 1. The molecule has 0 spiro atoms. The van der Waals surface area contributed by atoms with Gasteiger partial charge in [0.2, 0.25) is 11.2 Å². The van der Waals surface area contributed by atoms with E-state index in [4.69, 9.17) is 21.6 Å². The summed E-state index contributed by atoms with van der Waals surface area (Å²) in [6, 6.07) is 5.90. The molecular formula is C17H13ClN4OS. The van der Waals surface area contributed by atoms with Crippen LogP contribution in [0.2, 0.25) is 5.28 Å². The zero-order chi connectivity index (χ0) is 17.3. The van der Waals surface area contributed by atoms with E-state index in [1.165, 1.54) is 17.6 Å². The lowest BCUT2D eigenvalue weighted by atomic mass is 10.1. The molecule has 0 saturated heterocycles. The van der Waals surface area contributed by atoms with Crippen LogP contribution in [0.25, 0.3) is 16.3 Å². The lowest BCUT2D eigenvalue weighted by Gasteiger charge is -2.13. The normalized spacial score (nSPS) is 11.1. The van der Waals surface area contributed by atoms with Crippen LogP contribution >= 0.6 is 23.1 Å². The molecule has 0 aliphatic carbocycles. The number of allylic oxidation sites excluding steroid dienone is 1. The molecule has 0 amide bonds. The summed E-state index contributed by atoms with van der Waals surface area (Å²) in [4.78, 5) is 9.11. The van der Waals surface area contributed by atoms with Gasteiger partial charge in [-0.3, -0.25) is 0 Å². The van der Waals surface area contributed by atoms with Crippen LogP contribution in [-0.2, 0) is 0 Å². The first-order valence-corrected chi connectivity index (χ1v) is 8.29. The highest BCUT2D eigenvalue weighted by atomic mass is 35.5. The molecule has 0 fully saturated rings. The van der Waals surface area contributed by atoms with Crippen molar-refractivity contribution in [1.82, 2.24) is 14.3 Å². The van der Waals surface area contributed by atoms with Crippen LogP contribution in [0.4, 0.5) is 0 Å². The SMILES string of the molecule is Cc1cc(/C=C/C#N)cc(C)c1Oc1nc(Cl)nc2snc(C)c12. The fraction of sp³-hybridized carbons (Fsp3) is 0.176. The van der Waals surface area contributed by atoms with E-state index in [0.29, 0.717) is 16.5 Å². The summed E-state index contributed by atoms with van der Waals surface area (Å²) in [5.74, 6) is 1.12. The molecule has 3 aromatic rings. The monoisotopic (exact) mass is 356 g/mol. The van der Waals surface area contributed by atoms with E-state index in [2.05, 4.69) is 14.3 Å². The van der Waals surface area contributed by atoms with Crippen LogP contribution in [0.5, 0.6) is 11.6 Å². The van der Waals surface area contributed by atoms with Gasteiger partial charge in [-0.1, -0.05) is 0 Å². The number of benzene rings is 1. The Balaban J connectivity index is 2.08. The lowest BCUT2D eigenvalue weighted by molar-refractivity contribution is 0.461. The number of fused-ring (bicyclic) bond motifs is 1. The second-order valence-electron chi connectivity index (χ2n) is 5.29. The van der Waals surface area contributed by atoms with Gasteiger partial charge in [-0.25, -0.2) is 4.98 Å². The molecule has 3 rings (SSSR count). The summed E-state index contributed by atoms with van der Waals surface area (Å²) in [6.07, 6.45) is 3.21. The second kappa shape index (κ2) is 6.56. The van der Waals surface area contributed by atoms with Gasteiger partial charge in [0.1, 0.15) is 5.75 Å². The van der Waals surface area contributed by atoms with Crippen molar-refractivity contribution in [3.63, 3.8) is 0 Å². The Morgan fingerprint density at radius 1 is 1.21 bits per heavy atom. The summed E-state index contributed by atoms with van der Waals surface area (Å²) in [5.41, 5.74) is 3.64. The number of hydrogen-bond donors (Lipinski definition) is 0. The van der Waals surface area contributed by atoms with Crippen molar-refractivity contribution in [3.05, 3.63) is 45.9 Å². The van der Waals surface area contributed by atoms with Gasteiger partial charge in [-0.05, 0) is 78.8 Å². The van der Waals surface area contributed by atoms with Crippen molar-refractivity contribution in [1.29, 1.82) is 5.26 Å². The van der Waals surface area contributed by atoms with Crippen molar-refractivity contribution >= 4 is 39.4 Å². The summed E-state index contributed by atoms with van der Waals surface area (Å²) < 4.78 is 10.4. The van der Waals surface area contributed by atoms with Gasteiger partial charge in [-0.15, -0.1) is 0 Å². The molecule has 120 valence electrons. The maximum Gasteiger partial charge on any atom is 0.234 e. The summed E-state index contributed by atoms with van der Waals surface area (Å²) in [7, 11) is 0. The Morgan fingerprint density at radius 3 is 2.58 bits per heavy atom. The van der Waals surface area contributed by atoms with Crippen molar-refractivity contribution < 1.29 is 4.74 Å². The molecule has 5 nitrogen and oxygen atoms in total. The summed E-state index contributed by atoms with van der Waals surface area (Å²) >= 11 is 7.27. The smallest absolute Gasteiger partial charge is 0.234 e. The van der Waals surface area contributed by atoms with Crippen LogP contribution < -0.4 is 4.74 Å². The van der Waals surface area contributed by atoms with Crippen LogP contribution in [0.3, 0.4) is 0 Å². The molecule has 2 heterocycles. The third-order valence-electron chi connectivity index (χ3n) is 3.48. The highest BCUT2D eigenvalue weighted by molar-refractivity contribution is 7.13. The van der Waals surface area contributed by atoms with Gasteiger partial charge in [0.25, 0.3) is 0 Å². The average molecular weight is 357 g/mol. The third-order valence-corrected chi connectivity index (χ3v) is 4.48. The van der Waals surface area contributed by atoms with Gasteiger partial charge in [0.15, 0.2) is 4.83 Å². The number of ether oxygens (including phenoxy) is 1. The average Bonchev–Trinajstić information content (AvgIpc) is 2.89. The fourth-order valence-electron chi connectivity index (χ4n) is 2.47. The van der Waals surface area contributed by atoms with Crippen LogP contribution in [0.15, 0.2) is 18.2 Å². The van der Waals surface area contributed by atoms with E-state index in [0.717, 1.165) is 27.8 Å². The van der Waals surface area contributed by atoms with E-state index < -0.39 is 0 Å². The van der Waals surface area contributed by atoms with E-state index >= 15 is 0 Å². The van der Waals surface area contributed by atoms with Gasteiger partial charge < -0.3 is 4.74 Å². The van der Waals surface area contributed by atoms with E-state index in [1.807, 2.05) is 39.0 Å². The number of aryl methyl sites for hydroxylation is 3. The molecule has 7 heteroatoms. The summed E-state index contributed by atoms with van der Waals surface area (Å²) in [6.45, 7) is 5.79. The Kier molecular flexibility index (Phi) is 4.47. The minimum Gasteiger partial charge on any atom is -0.438 e. The van der Waals surface area contributed by atoms with Gasteiger partial charge in [-0.2, -0.15) is 14.6 Å². The molecule has 0 radical (unpaired) electrons. The molecule has 0 unspecified atom stereocenters. The molecular weight excluding hydrogens is 344 g/mol. The maximum absolute atomic E-state index is 8.65. The number of halogens is 1. The van der Waals surface area contributed by atoms with Crippen molar-refractivity contribution in [3.8, 4) is 17.7 Å². The molecule has 0 N–H and O–H groups in total. The first kappa shape index (κ1) is 16.4. The predicted molar refractivity (Wildman–Crippen MR) is 95.6 cm³/mol. The number of hydrogen-bond acceptors (Lipinski definition) is 6.